The number of nitrogens with zero attached hydrogens (tertiary/aromatic N) is 1. The number of ether oxygens (including phenoxy) is 3. The first-order valence-corrected chi connectivity index (χ1v) is 7.19. The smallest absolute Gasteiger partial charge is 0.317 e. The van der Waals surface area contributed by atoms with Gasteiger partial charge in [0, 0.05) is 13.1 Å². The molecular formula is C15H20N2O4. The molecule has 1 fully saturated rings. The normalized spacial score (nSPS) is 21.2. The zero-order chi connectivity index (χ0) is 14.7. The van der Waals surface area contributed by atoms with Crippen LogP contribution in [-0.2, 0) is 11.2 Å². The van der Waals surface area contributed by atoms with E-state index in [4.69, 9.17) is 14.2 Å². The second-order valence-electron chi connectivity index (χ2n) is 5.23. The molecule has 0 aliphatic carbocycles. The van der Waals surface area contributed by atoms with Gasteiger partial charge in [-0.2, -0.15) is 0 Å². The van der Waals surface area contributed by atoms with Crippen LogP contribution in [0.5, 0.6) is 11.5 Å². The highest BCUT2D eigenvalue weighted by atomic mass is 16.5. The fourth-order valence-corrected chi connectivity index (χ4v) is 2.62. The summed E-state index contributed by atoms with van der Waals surface area (Å²) in [5, 5.41) is 3.03. The van der Waals surface area contributed by atoms with Crippen molar-refractivity contribution in [3.05, 3.63) is 23.8 Å². The molecule has 1 atom stereocenters. The summed E-state index contributed by atoms with van der Waals surface area (Å²) < 4.78 is 16.2. The van der Waals surface area contributed by atoms with E-state index in [2.05, 4.69) is 5.32 Å². The lowest BCUT2D eigenvalue weighted by molar-refractivity contribution is 0.0518. The highest BCUT2D eigenvalue weighted by molar-refractivity contribution is 5.74. The van der Waals surface area contributed by atoms with E-state index < -0.39 is 0 Å². The molecule has 0 saturated carbocycles. The third-order valence-electron chi connectivity index (χ3n) is 3.80. The van der Waals surface area contributed by atoms with E-state index in [0.29, 0.717) is 32.9 Å². The zero-order valence-electron chi connectivity index (χ0n) is 12.1. The van der Waals surface area contributed by atoms with Crippen molar-refractivity contribution in [2.75, 3.05) is 40.0 Å². The Morgan fingerprint density at radius 3 is 2.95 bits per heavy atom. The molecule has 0 radical (unpaired) electrons. The van der Waals surface area contributed by atoms with E-state index in [9.17, 15) is 4.79 Å². The summed E-state index contributed by atoms with van der Waals surface area (Å²) in [6.07, 6.45) is 0.753. The second kappa shape index (κ2) is 6.22. The van der Waals surface area contributed by atoms with Gasteiger partial charge in [0.2, 0.25) is 0 Å². The van der Waals surface area contributed by atoms with Crippen molar-refractivity contribution in [1.82, 2.24) is 10.2 Å². The lowest BCUT2D eigenvalue weighted by Gasteiger charge is -2.31. The SMILES string of the molecule is COc1ccc2c(c1)C[C@H](NC(=O)N1CCOCC1)CO2. The number of hydrogen-bond donors (Lipinski definition) is 1. The summed E-state index contributed by atoms with van der Waals surface area (Å²) >= 11 is 0. The van der Waals surface area contributed by atoms with Crippen molar-refractivity contribution in [2.24, 2.45) is 0 Å². The molecule has 3 rings (SSSR count). The number of nitrogens with one attached hydrogen (secondary N) is 1. The Kier molecular flexibility index (Phi) is 4.15. The Bertz CT molecular complexity index is 514. The molecule has 0 unspecified atom stereocenters. The van der Waals surface area contributed by atoms with Gasteiger partial charge in [0.15, 0.2) is 0 Å². The number of carbonyl (C=O) groups is 1. The maximum absolute atomic E-state index is 12.2. The summed E-state index contributed by atoms with van der Waals surface area (Å²) in [5.74, 6) is 1.67. The van der Waals surface area contributed by atoms with Gasteiger partial charge in [-0.1, -0.05) is 0 Å². The van der Waals surface area contributed by atoms with Gasteiger partial charge in [-0.15, -0.1) is 0 Å². The molecule has 1 aromatic rings. The monoisotopic (exact) mass is 292 g/mol. The summed E-state index contributed by atoms with van der Waals surface area (Å²) in [5.41, 5.74) is 1.06. The van der Waals surface area contributed by atoms with Crippen LogP contribution in [0, 0.1) is 0 Å². The number of urea groups is 1. The predicted octanol–water partition coefficient (Wildman–Crippen LogP) is 1.04. The molecule has 2 amide bonds. The van der Waals surface area contributed by atoms with Crippen LogP contribution in [0.25, 0.3) is 0 Å². The molecule has 1 saturated heterocycles. The molecule has 114 valence electrons. The summed E-state index contributed by atoms with van der Waals surface area (Å²) in [6, 6.07) is 5.69. The Balaban J connectivity index is 1.61. The maximum Gasteiger partial charge on any atom is 0.317 e. The third kappa shape index (κ3) is 3.21. The first-order valence-electron chi connectivity index (χ1n) is 7.19. The molecule has 6 heteroatoms. The van der Waals surface area contributed by atoms with Crippen molar-refractivity contribution in [1.29, 1.82) is 0 Å². The van der Waals surface area contributed by atoms with E-state index in [1.54, 1.807) is 12.0 Å². The number of benzene rings is 1. The van der Waals surface area contributed by atoms with Gasteiger partial charge in [0.25, 0.3) is 0 Å². The van der Waals surface area contributed by atoms with Gasteiger partial charge in [0.1, 0.15) is 18.1 Å². The summed E-state index contributed by atoms with van der Waals surface area (Å²) in [7, 11) is 1.64. The lowest BCUT2D eigenvalue weighted by Crippen LogP contribution is -2.51. The Morgan fingerprint density at radius 2 is 2.19 bits per heavy atom. The number of amides is 2. The molecule has 1 aromatic carbocycles. The van der Waals surface area contributed by atoms with E-state index in [1.165, 1.54) is 0 Å². The molecule has 0 bridgehead atoms. The molecule has 0 spiro atoms. The van der Waals surface area contributed by atoms with Gasteiger partial charge in [0.05, 0.1) is 26.4 Å². The van der Waals surface area contributed by atoms with Gasteiger partial charge in [-0.05, 0) is 30.2 Å². The van der Waals surface area contributed by atoms with Crippen molar-refractivity contribution >= 4 is 6.03 Å². The number of morpholine rings is 1. The number of hydrogen-bond acceptors (Lipinski definition) is 4. The number of methoxy groups -OCH3 is 1. The Labute approximate surface area is 124 Å². The van der Waals surface area contributed by atoms with Gasteiger partial charge in [-0.3, -0.25) is 0 Å². The van der Waals surface area contributed by atoms with Crippen molar-refractivity contribution in [3.8, 4) is 11.5 Å². The van der Waals surface area contributed by atoms with Crippen LogP contribution >= 0.6 is 0 Å². The van der Waals surface area contributed by atoms with E-state index in [-0.39, 0.29) is 12.1 Å². The third-order valence-corrected chi connectivity index (χ3v) is 3.80. The van der Waals surface area contributed by atoms with Crippen LogP contribution in [0.15, 0.2) is 18.2 Å². The fraction of sp³-hybridized carbons (Fsp3) is 0.533. The molecule has 2 heterocycles. The molecule has 1 N–H and O–H groups in total. The highest BCUT2D eigenvalue weighted by Gasteiger charge is 2.24. The average molecular weight is 292 g/mol. The largest absolute Gasteiger partial charge is 0.497 e. The standard InChI is InChI=1S/C15H20N2O4/c1-19-13-2-3-14-11(9-13)8-12(10-21-14)16-15(18)17-4-6-20-7-5-17/h2-3,9,12H,4-8,10H2,1H3,(H,16,18)/t12-/m0/s1. The second-order valence-corrected chi connectivity index (χ2v) is 5.23. The van der Waals surface area contributed by atoms with Gasteiger partial charge >= 0.3 is 6.03 Å². The molecule has 21 heavy (non-hydrogen) atoms. The minimum atomic E-state index is -0.0433. The number of carbonyl (C=O) groups excluding carboxylic acids is 1. The number of fused-ring (bicyclic) bond motifs is 1. The molecule has 2 aliphatic heterocycles. The van der Waals surface area contributed by atoms with Crippen LogP contribution < -0.4 is 14.8 Å². The Hall–Kier alpha value is -1.95. The average Bonchev–Trinajstić information content (AvgIpc) is 2.55. The van der Waals surface area contributed by atoms with Crippen molar-refractivity contribution in [2.45, 2.75) is 12.5 Å². The highest BCUT2D eigenvalue weighted by Crippen LogP contribution is 2.28. The van der Waals surface area contributed by atoms with Crippen LogP contribution in [0.3, 0.4) is 0 Å². The van der Waals surface area contributed by atoms with Gasteiger partial charge in [-0.25, -0.2) is 4.79 Å². The zero-order valence-corrected chi connectivity index (χ0v) is 12.1. The van der Waals surface area contributed by atoms with E-state index in [1.807, 2.05) is 18.2 Å². The minimum absolute atomic E-state index is 0.0139. The first kappa shape index (κ1) is 14.0. The molecule has 2 aliphatic rings. The van der Waals surface area contributed by atoms with Crippen molar-refractivity contribution in [3.63, 3.8) is 0 Å². The molecule has 0 aromatic heterocycles. The van der Waals surface area contributed by atoms with Crippen LogP contribution in [0.4, 0.5) is 4.79 Å². The van der Waals surface area contributed by atoms with Gasteiger partial charge < -0.3 is 24.4 Å². The van der Waals surface area contributed by atoms with Crippen LogP contribution in [-0.4, -0.2) is 57.0 Å². The summed E-state index contributed by atoms with van der Waals surface area (Å²) in [4.78, 5) is 14.0. The first-order chi connectivity index (χ1) is 10.3. The topological polar surface area (TPSA) is 60.0 Å². The molecule has 6 nitrogen and oxygen atoms in total. The maximum atomic E-state index is 12.2. The van der Waals surface area contributed by atoms with Crippen LogP contribution in [0.2, 0.25) is 0 Å². The Morgan fingerprint density at radius 1 is 1.38 bits per heavy atom. The van der Waals surface area contributed by atoms with Crippen LogP contribution in [0.1, 0.15) is 5.56 Å². The van der Waals surface area contributed by atoms with E-state index in [0.717, 1.165) is 23.5 Å². The predicted molar refractivity (Wildman–Crippen MR) is 76.9 cm³/mol. The number of rotatable bonds is 2. The quantitative estimate of drug-likeness (QED) is 0.885. The minimum Gasteiger partial charge on any atom is -0.497 e. The lowest BCUT2D eigenvalue weighted by atomic mass is 10.0. The molecular weight excluding hydrogens is 272 g/mol. The van der Waals surface area contributed by atoms with Crippen molar-refractivity contribution < 1.29 is 19.0 Å². The summed E-state index contributed by atoms with van der Waals surface area (Å²) in [6.45, 7) is 2.99. The van der Waals surface area contributed by atoms with E-state index >= 15 is 0 Å². The fourth-order valence-electron chi connectivity index (χ4n) is 2.62.